The summed E-state index contributed by atoms with van der Waals surface area (Å²) in [6.45, 7) is 2.10. The van der Waals surface area contributed by atoms with Gasteiger partial charge in [-0.1, -0.05) is 12.1 Å². The number of carbonyl (C=O) groups is 1. The molecule has 4 rings (SSSR count). The van der Waals surface area contributed by atoms with E-state index in [4.69, 9.17) is 4.74 Å². The summed E-state index contributed by atoms with van der Waals surface area (Å²) < 4.78 is 99.3. The average Bonchev–Trinajstić information content (AvgIpc) is 3.39. The number of carbonyl (C=O) groups excluding carboxylic acids is 1. The number of hydrogen-bond acceptors (Lipinski definition) is 3. The van der Waals surface area contributed by atoms with Gasteiger partial charge in [-0.3, -0.25) is 4.79 Å². The molecule has 10 heteroatoms. The van der Waals surface area contributed by atoms with E-state index < -0.39 is 41.5 Å². The second kappa shape index (κ2) is 9.29. The zero-order chi connectivity index (χ0) is 25.5. The van der Waals surface area contributed by atoms with Gasteiger partial charge in [0.1, 0.15) is 5.82 Å². The summed E-state index contributed by atoms with van der Waals surface area (Å²) in [7, 11) is 0. The number of hydrogen-bond donors (Lipinski definition) is 0. The van der Waals surface area contributed by atoms with Crippen molar-refractivity contribution in [1.82, 2.24) is 4.90 Å². The summed E-state index contributed by atoms with van der Waals surface area (Å²) in [5.41, 5.74) is -1.54. The fraction of sp³-hybridized carbons (Fsp3) is 0.400. The fourth-order valence-corrected chi connectivity index (χ4v) is 4.56. The topological polar surface area (TPSA) is 29.5 Å². The summed E-state index contributed by atoms with van der Waals surface area (Å²) >= 11 is 0. The second-order valence-electron chi connectivity index (χ2n) is 8.82. The molecule has 2 aliphatic rings. The lowest BCUT2D eigenvalue weighted by Gasteiger charge is -2.25. The van der Waals surface area contributed by atoms with Gasteiger partial charge in [0, 0.05) is 37.2 Å². The Balaban J connectivity index is 1.64. The lowest BCUT2D eigenvalue weighted by Crippen LogP contribution is -2.25. The van der Waals surface area contributed by atoms with Crippen molar-refractivity contribution in [3.8, 4) is 0 Å². The molecule has 2 aromatic carbocycles. The molecule has 1 aliphatic heterocycles. The minimum absolute atomic E-state index is 0.0142. The number of ketones is 1. The highest BCUT2D eigenvalue weighted by Gasteiger charge is 2.40. The maximum Gasteiger partial charge on any atom is 0.416 e. The quantitative estimate of drug-likeness (QED) is 0.430. The molecule has 35 heavy (non-hydrogen) atoms. The monoisotopic (exact) mass is 501 g/mol. The van der Waals surface area contributed by atoms with E-state index in [1.807, 2.05) is 4.90 Å². The van der Waals surface area contributed by atoms with Gasteiger partial charge in [0.25, 0.3) is 0 Å². The first-order chi connectivity index (χ1) is 16.3. The minimum Gasteiger partial charge on any atom is -0.371 e. The summed E-state index contributed by atoms with van der Waals surface area (Å²) in [6, 6.07) is 7.11. The molecular formula is C25H22F7NO2. The number of nitrogens with zero attached hydrogens (tertiary/aromatic N) is 1. The third-order valence-corrected chi connectivity index (χ3v) is 6.38. The zero-order valence-electron chi connectivity index (χ0n) is 18.6. The molecule has 0 N–H and O–H groups in total. The van der Waals surface area contributed by atoms with Crippen molar-refractivity contribution in [3.05, 3.63) is 82.3 Å². The van der Waals surface area contributed by atoms with Crippen LogP contribution in [0.5, 0.6) is 0 Å². The minimum atomic E-state index is -4.96. The number of alkyl halides is 6. The first-order valence-corrected chi connectivity index (χ1v) is 11.0. The zero-order valence-corrected chi connectivity index (χ0v) is 18.6. The van der Waals surface area contributed by atoms with Crippen LogP contribution in [-0.4, -0.2) is 29.9 Å². The first kappa shape index (κ1) is 25.2. The second-order valence-corrected chi connectivity index (χ2v) is 8.82. The largest absolute Gasteiger partial charge is 0.416 e. The number of rotatable bonds is 5. The molecular weight excluding hydrogens is 479 g/mol. The molecule has 1 fully saturated rings. The van der Waals surface area contributed by atoms with E-state index >= 15 is 0 Å². The van der Waals surface area contributed by atoms with Gasteiger partial charge >= 0.3 is 12.4 Å². The molecule has 0 unspecified atom stereocenters. The molecule has 2 aromatic rings. The smallest absolute Gasteiger partial charge is 0.371 e. The molecule has 1 heterocycles. The summed E-state index contributed by atoms with van der Waals surface area (Å²) in [5.74, 6) is -0.788. The van der Waals surface area contributed by atoms with Gasteiger partial charge in [-0.15, -0.1) is 0 Å². The van der Waals surface area contributed by atoms with Gasteiger partial charge in [0.2, 0.25) is 0 Å². The summed E-state index contributed by atoms with van der Waals surface area (Å²) in [4.78, 5) is 13.6. The molecule has 0 aromatic heterocycles. The predicted molar refractivity (Wildman–Crippen MR) is 113 cm³/mol. The Morgan fingerprint density at radius 2 is 1.51 bits per heavy atom. The third-order valence-electron chi connectivity index (χ3n) is 6.38. The molecule has 1 saturated heterocycles. The van der Waals surface area contributed by atoms with Gasteiger partial charge in [-0.25, -0.2) is 4.39 Å². The van der Waals surface area contributed by atoms with Gasteiger partial charge < -0.3 is 9.64 Å². The molecule has 0 spiro atoms. The standard InChI is InChI=1S/C25H22F7NO2/c1-14(16-8-17(24(27,28)29)10-18(9-16)25(30,31)32)35-23-13-33(20-6-7-21(34)11-20)12-22(23)15-2-4-19(26)5-3-15/h2-5,8-11,14,22-23H,6-7,12-13H2,1H3/t14-,22+,23-/m1/s1. The number of ether oxygens (including phenoxy) is 1. The van der Waals surface area contributed by atoms with Crippen molar-refractivity contribution in [2.45, 2.75) is 50.2 Å². The Bertz CT molecular complexity index is 1090. The average molecular weight is 501 g/mol. The van der Waals surface area contributed by atoms with Gasteiger partial charge in [-0.05, 0) is 54.8 Å². The van der Waals surface area contributed by atoms with Crippen LogP contribution in [0.3, 0.4) is 0 Å². The van der Waals surface area contributed by atoms with E-state index in [0.717, 1.165) is 11.3 Å². The molecule has 0 saturated carbocycles. The summed E-state index contributed by atoms with van der Waals surface area (Å²) in [6.07, 6.45) is -9.17. The van der Waals surface area contributed by atoms with Crippen molar-refractivity contribution < 1.29 is 40.3 Å². The van der Waals surface area contributed by atoms with Crippen LogP contribution in [0.25, 0.3) is 0 Å². The van der Waals surface area contributed by atoms with Crippen molar-refractivity contribution in [2.24, 2.45) is 0 Å². The lowest BCUT2D eigenvalue weighted by molar-refractivity contribution is -0.143. The van der Waals surface area contributed by atoms with Gasteiger partial charge in [-0.2, -0.15) is 26.3 Å². The number of halogens is 7. The van der Waals surface area contributed by atoms with E-state index in [1.165, 1.54) is 25.1 Å². The number of benzene rings is 2. The molecule has 0 amide bonds. The van der Waals surface area contributed by atoms with Crippen molar-refractivity contribution in [1.29, 1.82) is 0 Å². The first-order valence-electron chi connectivity index (χ1n) is 11.0. The Kier molecular flexibility index (Phi) is 6.70. The van der Waals surface area contributed by atoms with Gasteiger partial charge in [0.05, 0.1) is 23.3 Å². The van der Waals surface area contributed by atoms with Crippen LogP contribution in [0, 0.1) is 5.82 Å². The molecule has 3 nitrogen and oxygen atoms in total. The normalized spacial score (nSPS) is 22.0. The molecule has 0 bridgehead atoms. The maximum atomic E-state index is 13.5. The SMILES string of the molecule is C[C@@H](O[C@@H]1CN(C2=CC(=O)CC2)C[C@H]1c1ccc(F)cc1)c1cc(C(F)(F)F)cc(C(F)(F)F)c1. The van der Waals surface area contributed by atoms with E-state index in [1.54, 1.807) is 12.1 Å². The van der Waals surface area contributed by atoms with Crippen LogP contribution in [-0.2, 0) is 21.9 Å². The van der Waals surface area contributed by atoms with E-state index in [9.17, 15) is 35.5 Å². The Labute approximate surface area is 197 Å². The highest BCUT2D eigenvalue weighted by Crippen LogP contribution is 2.40. The lowest BCUT2D eigenvalue weighted by atomic mass is 9.95. The van der Waals surface area contributed by atoms with Crippen LogP contribution >= 0.6 is 0 Å². The van der Waals surface area contributed by atoms with Crippen LogP contribution in [0.2, 0.25) is 0 Å². The highest BCUT2D eigenvalue weighted by atomic mass is 19.4. The van der Waals surface area contributed by atoms with Crippen LogP contribution < -0.4 is 0 Å². The van der Waals surface area contributed by atoms with E-state index in [-0.39, 0.29) is 29.9 Å². The molecule has 0 radical (unpaired) electrons. The predicted octanol–water partition coefficient (Wildman–Crippen LogP) is 6.66. The van der Waals surface area contributed by atoms with Crippen LogP contribution in [0.15, 0.2) is 54.2 Å². The third kappa shape index (κ3) is 5.69. The Morgan fingerprint density at radius 1 is 0.914 bits per heavy atom. The number of allylic oxidation sites excluding steroid dienone is 2. The van der Waals surface area contributed by atoms with Crippen LogP contribution in [0.4, 0.5) is 30.7 Å². The highest BCUT2D eigenvalue weighted by molar-refractivity contribution is 5.92. The fourth-order valence-electron chi connectivity index (χ4n) is 4.56. The van der Waals surface area contributed by atoms with Crippen molar-refractivity contribution in [2.75, 3.05) is 13.1 Å². The summed E-state index contributed by atoms with van der Waals surface area (Å²) in [5, 5.41) is 0. The van der Waals surface area contributed by atoms with E-state index in [2.05, 4.69) is 0 Å². The van der Waals surface area contributed by atoms with Crippen molar-refractivity contribution in [3.63, 3.8) is 0 Å². The van der Waals surface area contributed by atoms with Gasteiger partial charge in [0.15, 0.2) is 5.78 Å². The molecule has 188 valence electrons. The molecule has 1 aliphatic carbocycles. The number of likely N-dealkylation sites (tertiary alicyclic amines) is 1. The van der Waals surface area contributed by atoms with Crippen LogP contribution in [0.1, 0.15) is 54.0 Å². The van der Waals surface area contributed by atoms with E-state index in [0.29, 0.717) is 31.5 Å². The molecule has 3 atom stereocenters. The maximum absolute atomic E-state index is 13.5. The Morgan fingerprint density at radius 3 is 2.03 bits per heavy atom. The Hall–Kier alpha value is -2.88. The van der Waals surface area contributed by atoms with Crippen molar-refractivity contribution >= 4 is 5.78 Å².